The van der Waals surface area contributed by atoms with Crippen LogP contribution in [0, 0.1) is 0 Å². The molecule has 1 aliphatic rings. The molecule has 3 nitrogen and oxygen atoms in total. The van der Waals surface area contributed by atoms with E-state index in [0.717, 1.165) is 29.8 Å². The van der Waals surface area contributed by atoms with Crippen LogP contribution in [0.1, 0.15) is 30.0 Å². The SMILES string of the molecule is OCc1c(C2CC2)nn(-c2ccccc2Cl)c1Cl. The maximum Gasteiger partial charge on any atom is 0.138 e. The number of aliphatic hydroxyl groups excluding tert-OH is 1. The van der Waals surface area contributed by atoms with Gasteiger partial charge in [0.2, 0.25) is 0 Å². The van der Waals surface area contributed by atoms with Gasteiger partial charge in [0.05, 0.1) is 23.0 Å². The predicted octanol–water partition coefficient (Wildman–Crippen LogP) is 3.55. The molecule has 1 aromatic carbocycles. The van der Waals surface area contributed by atoms with Gasteiger partial charge in [0.15, 0.2) is 0 Å². The zero-order valence-corrected chi connectivity index (χ0v) is 11.1. The topological polar surface area (TPSA) is 38.1 Å². The summed E-state index contributed by atoms with van der Waals surface area (Å²) in [5.41, 5.74) is 2.37. The Labute approximate surface area is 115 Å². The summed E-state index contributed by atoms with van der Waals surface area (Å²) in [6.07, 6.45) is 2.23. The molecule has 0 radical (unpaired) electrons. The molecule has 1 heterocycles. The Morgan fingerprint density at radius 1 is 1.28 bits per heavy atom. The molecular formula is C13H12Cl2N2O. The number of aliphatic hydroxyl groups is 1. The van der Waals surface area contributed by atoms with E-state index >= 15 is 0 Å². The van der Waals surface area contributed by atoms with Gasteiger partial charge in [-0.2, -0.15) is 5.10 Å². The fourth-order valence-electron chi connectivity index (χ4n) is 2.06. The third-order valence-corrected chi connectivity index (χ3v) is 3.86. The monoisotopic (exact) mass is 282 g/mol. The second-order valence-electron chi connectivity index (χ2n) is 4.45. The Morgan fingerprint density at radius 2 is 2.00 bits per heavy atom. The van der Waals surface area contributed by atoms with E-state index in [0.29, 0.717) is 16.1 Å². The molecule has 2 aromatic rings. The van der Waals surface area contributed by atoms with Crippen LogP contribution in [-0.2, 0) is 6.61 Å². The number of aromatic nitrogens is 2. The van der Waals surface area contributed by atoms with Gasteiger partial charge in [-0.3, -0.25) is 0 Å². The Balaban J connectivity index is 2.15. The van der Waals surface area contributed by atoms with E-state index in [9.17, 15) is 5.11 Å². The Kier molecular flexibility index (Phi) is 3.06. The number of hydrogen-bond donors (Lipinski definition) is 1. The summed E-state index contributed by atoms with van der Waals surface area (Å²) in [6.45, 7) is -0.0882. The summed E-state index contributed by atoms with van der Waals surface area (Å²) in [5.74, 6) is 0.438. The van der Waals surface area contributed by atoms with Crippen molar-refractivity contribution >= 4 is 23.2 Å². The van der Waals surface area contributed by atoms with Crippen LogP contribution in [-0.4, -0.2) is 14.9 Å². The molecule has 0 spiro atoms. The maximum atomic E-state index is 9.43. The molecule has 5 heteroatoms. The van der Waals surface area contributed by atoms with E-state index in [1.165, 1.54) is 0 Å². The minimum Gasteiger partial charge on any atom is -0.391 e. The molecule has 3 rings (SSSR count). The standard InChI is InChI=1S/C13H12Cl2N2O/c14-10-3-1-2-4-11(10)17-13(15)9(7-18)12(16-17)8-5-6-8/h1-4,8,18H,5-7H2. The average Bonchev–Trinajstić information content (AvgIpc) is 3.15. The molecule has 0 amide bonds. The van der Waals surface area contributed by atoms with E-state index < -0.39 is 0 Å². The third-order valence-electron chi connectivity index (χ3n) is 3.15. The first kappa shape index (κ1) is 12.0. The minimum atomic E-state index is -0.0882. The second-order valence-corrected chi connectivity index (χ2v) is 5.22. The van der Waals surface area contributed by atoms with Crippen molar-refractivity contribution in [3.05, 3.63) is 45.7 Å². The normalized spacial score (nSPS) is 15.1. The number of nitrogens with zero attached hydrogens (tertiary/aromatic N) is 2. The Hall–Kier alpha value is -1.03. The van der Waals surface area contributed by atoms with Gasteiger partial charge in [-0.15, -0.1) is 0 Å². The highest BCUT2D eigenvalue weighted by molar-refractivity contribution is 6.33. The highest BCUT2D eigenvalue weighted by atomic mass is 35.5. The quantitative estimate of drug-likeness (QED) is 0.935. The van der Waals surface area contributed by atoms with Crippen molar-refractivity contribution in [1.82, 2.24) is 9.78 Å². The van der Waals surface area contributed by atoms with Crippen molar-refractivity contribution in [3.63, 3.8) is 0 Å². The van der Waals surface area contributed by atoms with Crippen LogP contribution < -0.4 is 0 Å². The lowest BCUT2D eigenvalue weighted by atomic mass is 10.2. The van der Waals surface area contributed by atoms with Crippen molar-refractivity contribution in [2.45, 2.75) is 25.4 Å². The molecule has 1 N–H and O–H groups in total. The highest BCUT2D eigenvalue weighted by Crippen LogP contribution is 2.43. The van der Waals surface area contributed by atoms with Gasteiger partial charge in [-0.1, -0.05) is 35.3 Å². The zero-order chi connectivity index (χ0) is 12.7. The number of halogens is 2. The van der Waals surface area contributed by atoms with Gasteiger partial charge in [0.1, 0.15) is 5.15 Å². The van der Waals surface area contributed by atoms with Crippen LogP contribution in [0.4, 0.5) is 0 Å². The minimum absolute atomic E-state index is 0.0882. The van der Waals surface area contributed by atoms with Gasteiger partial charge in [0.25, 0.3) is 0 Å². The lowest BCUT2D eigenvalue weighted by Crippen LogP contribution is -1.98. The maximum absolute atomic E-state index is 9.43. The van der Waals surface area contributed by atoms with Gasteiger partial charge in [-0.05, 0) is 25.0 Å². The molecule has 0 aliphatic heterocycles. The van der Waals surface area contributed by atoms with Crippen LogP contribution in [0.25, 0.3) is 5.69 Å². The molecule has 1 aliphatic carbocycles. The fraction of sp³-hybridized carbons (Fsp3) is 0.308. The van der Waals surface area contributed by atoms with Gasteiger partial charge in [0, 0.05) is 11.5 Å². The first-order chi connectivity index (χ1) is 8.72. The molecule has 18 heavy (non-hydrogen) atoms. The summed E-state index contributed by atoms with van der Waals surface area (Å²) >= 11 is 12.4. The van der Waals surface area contributed by atoms with Crippen LogP contribution in [0.15, 0.2) is 24.3 Å². The summed E-state index contributed by atoms with van der Waals surface area (Å²) in [6, 6.07) is 7.40. The van der Waals surface area contributed by atoms with Crippen LogP contribution >= 0.6 is 23.2 Å². The second kappa shape index (κ2) is 4.57. The van der Waals surface area contributed by atoms with Gasteiger partial charge in [-0.25, -0.2) is 4.68 Å². The van der Waals surface area contributed by atoms with E-state index in [2.05, 4.69) is 5.10 Å². The van der Waals surface area contributed by atoms with E-state index in [1.807, 2.05) is 18.2 Å². The van der Waals surface area contributed by atoms with Crippen LogP contribution in [0.2, 0.25) is 10.2 Å². The summed E-state index contributed by atoms with van der Waals surface area (Å²) in [4.78, 5) is 0. The molecule has 1 fully saturated rings. The summed E-state index contributed by atoms with van der Waals surface area (Å²) in [5, 5.41) is 15.0. The number of benzene rings is 1. The van der Waals surface area contributed by atoms with E-state index in [1.54, 1.807) is 10.7 Å². The molecule has 0 bridgehead atoms. The van der Waals surface area contributed by atoms with Crippen LogP contribution in [0.3, 0.4) is 0 Å². The Bertz CT molecular complexity index is 591. The van der Waals surface area contributed by atoms with Crippen LogP contribution in [0.5, 0.6) is 0 Å². The molecule has 1 aromatic heterocycles. The fourth-order valence-corrected chi connectivity index (χ4v) is 2.56. The van der Waals surface area contributed by atoms with E-state index in [4.69, 9.17) is 23.2 Å². The van der Waals surface area contributed by atoms with Crippen molar-refractivity contribution < 1.29 is 5.11 Å². The average molecular weight is 283 g/mol. The zero-order valence-electron chi connectivity index (χ0n) is 9.61. The molecule has 0 unspecified atom stereocenters. The summed E-state index contributed by atoms with van der Waals surface area (Å²) in [7, 11) is 0. The van der Waals surface area contributed by atoms with Gasteiger partial charge >= 0.3 is 0 Å². The molecule has 1 saturated carbocycles. The van der Waals surface area contributed by atoms with Crippen molar-refractivity contribution in [1.29, 1.82) is 0 Å². The summed E-state index contributed by atoms with van der Waals surface area (Å²) < 4.78 is 1.61. The van der Waals surface area contributed by atoms with Gasteiger partial charge < -0.3 is 5.11 Å². The first-order valence-corrected chi connectivity index (χ1v) is 6.61. The van der Waals surface area contributed by atoms with Crippen molar-refractivity contribution in [2.75, 3.05) is 0 Å². The molecule has 0 saturated heterocycles. The lowest BCUT2D eigenvalue weighted by Gasteiger charge is -2.05. The predicted molar refractivity (Wildman–Crippen MR) is 71.5 cm³/mol. The number of para-hydroxylation sites is 1. The molecule has 94 valence electrons. The Morgan fingerprint density at radius 3 is 2.61 bits per heavy atom. The largest absolute Gasteiger partial charge is 0.391 e. The molecule has 0 atom stereocenters. The molecular weight excluding hydrogens is 271 g/mol. The highest BCUT2D eigenvalue weighted by Gasteiger charge is 2.31. The number of rotatable bonds is 3. The van der Waals surface area contributed by atoms with Crippen molar-refractivity contribution in [3.8, 4) is 5.69 Å². The van der Waals surface area contributed by atoms with E-state index in [-0.39, 0.29) is 6.61 Å². The first-order valence-electron chi connectivity index (χ1n) is 5.85. The third kappa shape index (κ3) is 1.92. The smallest absolute Gasteiger partial charge is 0.138 e. The number of hydrogen-bond acceptors (Lipinski definition) is 2. The van der Waals surface area contributed by atoms with Crippen molar-refractivity contribution in [2.24, 2.45) is 0 Å². The lowest BCUT2D eigenvalue weighted by molar-refractivity contribution is 0.280.